The Balaban J connectivity index is 1.62. The van der Waals surface area contributed by atoms with E-state index in [1.54, 1.807) is 17.8 Å². The minimum absolute atomic E-state index is 0.0276. The molecule has 2 heterocycles. The molecule has 0 spiro atoms. The lowest BCUT2D eigenvalue weighted by Gasteiger charge is -2.22. The number of aryl methyl sites for hydroxylation is 2. The van der Waals surface area contributed by atoms with E-state index in [4.69, 9.17) is 14.0 Å². The molecule has 5 nitrogen and oxygen atoms in total. The van der Waals surface area contributed by atoms with Gasteiger partial charge in [0.2, 0.25) is 0 Å². The molecule has 2 aromatic rings. The Morgan fingerprint density at radius 2 is 2.16 bits per heavy atom. The van der Waals surface area contributed by atoms with Gasteiger partial charge >= 0.3 is 5.97 Å². The van der Waals surface area contributed by atoms with Crippen LogP contribution in [0, 0.1) is 13.8 Å². The van der Waals surface area contributed by atoms with Gasteiger partial charge in [0.15, 0.2) is 0 Å². The highest BCUT2D eigenvalue weighted by atomic mass is 32.2. The van der Waals surface area contributed by atoms with Gasteiger partial charge in [-0.1, -0.05) is 17.3 Å². The van der Waals surface area contributed by atoms with Crippen LogP contribution in [-0.4, -0.2) is 30.4 Å². The molecule has 1 aromatic heterocycles. The fraction of sp³-hybridized carbons (Fsp3) is 0.474. The third kappa shape index (κ3) is 4.64. The van der Waals surface area contributed by atoms with E-state index in [1.165, 1.54) is 0 Å². The first-order chi connectivity index (χ1) is 12.1. The Kier molecular flexibility index (Phi) is 6.15. The van der Waals surface area contributed by atoms with Gasteiger partial charge in [-0.3, -0.25) is 0 Å². The average Bonchev–Trinajstić information content (AvgIpc) is 2.97. The van der Waals surface area contributed by atoms with Crippen molar-refractivity contribution in [3.05, 3.63) is 46.8 Å². The summed E-state index contributed by atoms with van der Waals surface area (Å²) in [4.78, 5) is 13.4. The summed E-state index contributed by atoms with van der Waals surface area (Å²) in [6, 6.07) is 7.53. The number of nitrogens with zero attached hydrogens (tertiary/aromatic N) is 1. The maximum absolute atomic E-state index is 12.5. The first kappa shape index (κ1) is 18.0. The van der Waals surface area contributed by atoms with Crippen LogP contribution in [0.2, 0.25) is 0 Å². The van der Waals surface area contributed by atoms with Gasteiger partial charge in [0.05, 0.1) is 17.4 Å². The zero-order valence-electron chi connectivity index (χ0n) is 14.6. The molecule has 1 aliphatic heterocycles. The number of rotatable bonds is 6. The van der Waals surface area contributed by atoms with E-state index >= 15 is 0 Å². The van der Waals surface area contributed by atoms with Crippen molar-refractivity contribution in [1.29, 1.82) is 0 Å². The van der Waals surface area contributed by atoms with Crippen LogP contribution in [0.3, 0.4) is 0 Å². The van der Waals surface area contributed by atoms with E-state index in [-0.39, 0.29) is 12.1 Å². The number of carbonyl (C=O) groups is 1. The molecule has 0 amide bonds. The first-order valence-electron chi connectivity index (χ1n) is 8.57. The minimum Gasteiger partial charge on any atom is -0.459 e. The third-order valence-corrected chi connectivity index (χ3v) is 5.43. The van der Waals surface area contributed by atoms with Crippen molar-refractivity contribution < 1.29 is 18.8 Å². The van der Waals surface area contributed by atoms with Gasteiger partial charge in [-0.2, -0.15) is 0 Å². The standard InChI is InChI=1S/C19H23NO4S/c1-13-17(14(2)24-20-13)12-25-18-9-4-3-8-16(18)19(21)23-11-15-7-5-6-10-22-15/h3-4,8-9,15H,5-7,10-12H2,1-2H3/t15-/m1/s1. The van der Waals surface area contributed by atoms with Crippen molar-refractivity contribution in [3.8, 4) is 0 Å². The van der Waals surface area contributed by atoms with Crippen LogP contribution in [0.4, 0.5) is 0 Å². The summed E-state index contributed by atoms with van der Waals surface area (Å²) in [5.74, 6) is 1.23. The molecule has 1 atom stereocenters. The molecule has 0 bridgehead atoms. The van der Waals surface area contributed by atoms with Crippen molar-refractivity contribution in [2.45, 2.75) is 49.9 Å². The summed E-state index contributed by atoms with van der Waals surface area (Å²) in [6.07, 6.45) is 3.20. The van der Waals surface area contributed by atoms with Gasteiger partial charge in [0.25, 0.3) is 0 Å². The summed E-state index contributed by atoms with van der Waals surface area (Å²) in [5, 5.41) is 3.97. The van der Waals surface area contributed by atoms with Crippen LogP contribution in [0.1, 0.15) is 46.6 Å². The van der Waals surface area contributed by atoms with Gasteiger partial charge in [0.1, 0.15) is 12.4 Å². The molecule has 0 aliphatic carbocycles. The SMILES string of the molecule is Cc1noc(C)c1CSc1ccccc1C(=O)OC[C@H]1CCCCO1. The van der Waals surface area contributed by atoms with Crippen molar-refractivity contribution >= 4 is 17.7 Å². The van der Waals surface area contributed by atoms with Crippen molar-refractivity contribution in [3.63, 3.8) is 0 Å². The Labute approximate surface area is 152 Å². The van der Waals surface area contributed by atoms with E-state index in [1.807, 2.05) is 32.0 Å². The average molecular weight is 361 g/mol. The highest BCUT2D eigenvalue weighted by Crippen LogP contribution is 2.29. The van der Waals surface area contributed by atoms with Gasteiger partial charge in [-0.05, 0) is 45.2 Å². The van der Waals surface area contributed by atoms with Crippen LogP contribution in [0.25, 0.3) is 0 Å². The molecular formula is C19H23NO4S. The van der Waals surface area contributed by atoms with E-state index in [0.29, 0.717) is 17.9 Å². The first-order valence-corrected chi connectivity index (χ1v) is 9.56. The Hall–Kier alpha value is -1.79. The Bertz CT molecular complexity index is 702. The van der Waals surface area contributed by atoms with Crippen molar-refractivity contribution in [1.82, 2.24) is 5.16 Å². The molecule has 6 heteroatoms. The third-order valence-electron chi connectivity index (χ3n) is 4.33. The van der Waals surface area contributed by atoms with Gasteiger partial charge in [0, 0.05) is 22.8 Å². The number of carbonyl (C=O) groups excluding carboxylic acids is 1. The summed E-state index contributed by atoms with van der Waals surface area (Å²) < 4.78 is 16.3. The molecule has 1 fully saturated rings. The topological polar surface area (TPSA) is 61.6 Å². The quantitative estimate of drug-likeness (QED) is 0.564. The normalized spacial score (nSPS) is 17.4. The lowest BCUT2D eigenvalue weighted by molar-refractivity contribution is -0.0301. The highest BCUT2D eigenvalue weighted by Gasteiger charge is 2.19. The van der Waals surface area contributed by atoms with Crippen molar-refractivity contribution in [2.75, 3.05) is 13.2 Å². The fourth-order valence-corrected chi connectivity index (χ4v) is 4.00. The summed E-state index contributed by atoms with van der Waals surface area (Å²) in [5.41, 5.74) is 2.55. The monoisotopic (exact) mass is 361 g/mol. The Morgan fingerprint density at radius 3 is 2.88 bits per heavy atom. The smallest absolute Gasteiger partial charge is 0.339 e. The zero-order valence-corrected chi connectivity index (χ0v) is 15.4. The molecule has 1 aromatic carbocycles. The summed E-state index contributed by atoms with van der Waals surface area (Å²) >= 11 is 1.59. The number of hydrogen-bond acceptors (Lipinski definition) is 6. The van der Waals surface area contributed by atoms with Crippen LogP contribution in [0.15, 0.2) is 33.7 Å². The minimum atomic E-state index is -0.295. The molecule has 1 aliphatic rings. The molecule has 134 valence electrons. The van der Waals surface area contributed by atoms with E-state index < -0.39 is 0 Å². The molecule has 0 unspecified atom stereocenters. The second-order valence-electron chi connectivity index (χ2n) is 6.17. The second kappa shape index (κ2) is 8.54. The van der Waals surface area contributed by atoms with Crippen LogP contribution >= 0.6 is 11.8 Å². The van der Waals surface area contributed by atoms with Crippen LogP contribution in [-0.2, 0) is 15.2 Å². The number of aromatic nitrogens is 1. The number of ether oxygens (including phenoxy) is 2. The summed E-state index contributed by atoms with van der Waals surface area (Å²) in [7, 11) is 0. The van der Waals surface area contributed by atoms with E-state index in [9.17, 15) is 4.79 Å². The molecule has 1 saturated heterocycles. The molecule has 3 rings (SSSR count). The van der Waals surface area contributed by atoms with Gasteiger partial charge < -0.3 is 14.0 Å². The molecule has 0 saturated carbocycles. The molecular weight excluding hydrogens is 338 g/mol. The molecule has 0 radical (unpaired) electrons. The van der Waals surface area contributed by atoms with Gasteiger partial charge in [-0.25, -0.2) is 4.79 Å². The van der Waals surface area contributed by atoms with Crippen LogP contribution < -0.4 is 0 Å². The number of benzene rings is 1. The van der Waals surface area contributed by atoms with E-state index in [0.717, 1.165) is 47.8 Å². The second-order valence-corrected chi connectivity index (χ2v) is 7.19. The number of esters is 1. The predicted octanol–water partition coefficient (Wildman–Crippen LogP) is 4.31. The predicted molar refractivity (Wildman–Crippen MR) is 95.9 cm³/mol. The van der Waals surface area contributed by atoms with E-state index in [2.05, 4.69) is 5.16 Å². The highest BCUT2D eigenvalue weighted by molar-refractivity contribution is 7.98. The molecule has 25 heavy (non-hydrogen) atoms. The number of thioether (sulfide) groups is 1. The fourth-order valence-electron chi connectivity index (χ4n) is 2.80. The zero-order chi connectivity index (χ0) is 17.6. The number of hydrogen-bond donors (Lipinski definition) is 0. The lowest BCUT2D eigenvalue weighted by atomic mass is 10.1. The Morgan fingerprint density at radius 1 is 1.32 bits per heavy atom. The lowest BCUT2D eigenvalue weighted by Crippen LogP contribution is -2.26. The molecule has 0 N–H and O–H groups in total. The summed E-state index contributed by atoms with van der Waals surface area (Å²) in [6.45, 7) is 4.91. The van der Waals surface area contributed by atoms with Crippen LogP contribution in [0.5, 0.6) is 0 Å². The van der Waals surface area contributed by atoms with Gasteiger partial charge in [-0.15, -0.1) is 11.8 Å². The largest absolute Gasteiger partial charge is 0.459 e. The maximum Gasteiger partial charge on any atom is 0.339 e. The maximum atomic E-state index is 12.5. The van der Waals surface area contributed by atoms with Crippen molar-refractivity contribution in [2.24, 2.45) is 0 Å².